The number of rotatable bonds is 7. The Labute approximate surface area is 188 Å². The second kappa shape index (κ2) is 10.3. The minimum atomic E-state index is -0.789. The van der Waals surface area contributed by atoms with Crippen LogP contribution in [0.15, 0.2) is 48.5 Å². The normalized spacial score (nSPS) is 12.6. The average Bonchev–Trinajstić information content (AvgIpc) is 3.20. The van der Waals surface area contributed by atoms with Gasteiger partial charge in [-0.25, -0.2) is 9.18 Å². The summed E-state index contributed by atoms with van der Waals surface area (Å²) in [7, 11) is 0. The van der Waals surface area contributed by atoms with E-state index in [4.69, 9.17) is 11.6 Å². The van der Waals surface area contributed by atoms with Crippen LogP contribution in [-0.2, 0) is 4.79 Å². The van der Waals surface area contributed by atoms with E-state index in [0.717, 1.165) is 11.3 Å². The number of halogens is 2. The second-order valence-electron chi connectivity index (χ2n) is 6.88. The highest BCUT2D eigenvalue weighted by atomic mass is 35.5. The molecule has 1 heterocycles. The van der Waals surface area contributed by atoms with Crippen LogP contribution in [0.25, 0.3) is 10.6 Å². The van der Waals surface area contributed by atoms with E-state index in [2.05, 4.69) is 26.1 Å². The lowest BCUT2D eigenvalue weighted by Crippen LogP contribution is -2.49. The molecule has 3 amide bonds. The van der Waals surface area contributed by atoms with Crippen LogP contribution in [0.4, 0.5) is 20.0 Å². The van der Waals surface area contributed by atoms with E-state index in [1.54, 1.807) is 36.4 Å². The molecular weight excluding hydrogens is 441 g/mol. The summed E-state index contributed by atoms with van der Waals surface area (Å²) in [6.45, 7) is 3.80. The van der Waals surface area contributed by atoms with Crippen molar-refractivity contribution in [2.24, 2.45) is 5.92 Å². The van der Waals surface area contributed by atoms with E-state index in [9.17, 15) is 14.0 Å². The highest BCUT2D eigenvalue weighted by Gasteiger charge is 2.27. The van der Waals surface area contributed by atoms with Gasteiger partial charge >= 0.3 is 6.03 Å². The third-order valence-electron chi connectivity index (χ3n) is 4.61. The molecule has 0 saturated carbocycles. The van der Waals surface area contributed by atoms with Crippen LogP contribution in [0.1, 0.15) is 20.3 Å². The van der Waals surface area contributed by atoms with E-state index >= 15 is 0 Å². The van der Waals surface area contributed by atoms with E-state index in [1.165, 1.54) is 12.1 Å². The van der Waals surface area contributed by atoms with Crippen LogP contribution >= 0.6 is 22.9 Å². The van der Waals surface area contributed by atoms with Crippen LogP contribution in [0.2, 0.25) is 5.02 Å². The van der Waals surface area contributed by atoms with Gasteiger partial charge < -0.3 is 10.6 Å². The fraction of sp³-hybridized carbons (Fsp3) is 0.238. The molecule has 0 unspecified atom stereocenters. The zero-order chi connectivity index (χ0) is 22.4. The first-order chi connectivity index (χ1) is 14.9. The molecule has 7 nitrogen and oxygen atoms in total. The van der Waals surface area contributed by atoms with Crippen LogP contribution in [0.5, 0.6) is 0 Å². The molecule has 0 radical (unpaired) electrons. The predicted molar refractivity (Wildman–Crippen MR) is 121 cm³/mol. The minimum Gasteiger partial charge on any atom is -0.326 e. The molecule has 162 valence electrons. The first-order valence-corrected chi connectivity index (χ1v) is 10.8. The monoisotopic (exact) mass is 461 g/mol. The van der Waals surface area contributed by atoms with Gasteiger partial charge in [-0.2, -0.15) is 0 Å². The number of urea groups is 1. The number of carbonyl (C=O) groups is 2. The van der Waals surface area contributed by atoms with Gasteiger partial charge in [0.15, 0.2) is 0 Å². The third kappa shape index (κ3) is 6.22. The van der Waals surface area contributed by atoms with Crippen molar-refractivity contribution in [1.29, 1.82) is 0 Å². The van der Waals surface area contributed by atoms with E-state index in [1.807, 2.05) is 13.8 Å². The van der Waals surface area contributed by atoms with E-state index in [0.29, 0.717) is 27.7 Å². The van der Waals surface area contributed by atoms with Crippen LogP contribution in [0.3, 0.4) is 0 Å². The van der Waals surface area contributed by atoms with Gasteiger partial charge in [0.05, 0.1) is 0 Å². The van der Waals surface area contributed by atoms with E-state index in [-0.39, 0.29) is 16.9 Å². The summed E-state index contributed by atoms with van der Waals surface area (Å²) in [5, 5.41) is 17.4. The van der Waals surface area contributed by atoms with Crippen molar-refractivity contribution in [2.45, 2.75) is 26.3 Å². The lowest BCUT2D eigenvalue weighted by molar-refractivity contribution is -0.119. The van der Waals surface area contributed by atoms with Crippen molar-refractivity contribution in [2.75, 3.05) is 10.6 Å². The maximum absolute atomic E-state index is 13.1. The standard InChI is InChI=1S/C21H21ClFN5O2S/c1-3-12(2)17(25-20(30)24-16-6-4-5-14(22)11-16)18(29)26-21-28-27-19(31-21)13-7-9-15(23)10-8-13/h4-12,17H,3H2,1-2H3,(H2,24,25,30)(H,26,28,29)/t12-,17-/m1/s1. The molecule has 0 spiro atoms. The highest BCUT2D eigenvalue weighted by Crippen LogP contribution is 2.26. The Morgan fingerprint density at radius 1 is 1.13 bits per heavy atom. The van der Waals surface area contributed by atoms with Gasteiger partial charge in [-0.05, 0) is 48.4 Å². The lowest BCUT2D eigenvalue weighted by Gasteiger charge is -2.23. The predicted octanol–water partition coefficient (Wildman–Crippen LogP) is 5.17. The summed E-state index contributed by atoms with van der Waals surface area (Å²) in [6.07, 6.45) is 0.673. The fourth-order valence-corrected chi connectivity index (χ4v) is 3.68. The Balaban J connectivity index is 1.67. The summed E-state index contributed by atoms with van der Waals surface area (Å²) in [5.41, 5.74) is 1.21. The molecule has 10 heteroatoms. The number of benzene rings is 2. The lowest BCUT2D eigenvalue weighted by atomic mass is 9.98. The fourth-order valence-electron chi connectivity index (χ4n) is 2.74. The summed E-state index contributed by atoms with van der Waals surface area (Å²) < 4.78 is 13.1. The van der Waals surface area contributed by atoms with E-state index < -0.39 is 18.0 Å². The summed E-state index contributed by atoms with van der Waals surface area (Å²) >= 11 is 7.10. The maximum Gasteiger partial charge on any atom is 0.319 e. The Kier molecular flexibility index (Phi) is 7.54. The van der Waals surface area contributed by atoms with Crippen molar-refractivity contribution >= 4 is 45.7 Å². The molecule has 31 heavy (non-hydrogen) atoms. The molecule has 0 bridgehead atoms. The van der Waals surface area contributed by atoms with Crippen molar-refractivity contribution in [3.8, 4) is 10.6 Å². The number of hydrogen-bond acceptors (Lipinski definition) is 5. The zero-order valence-electron chi connectivity index (χ0n) is 16.9. The molecule has 2 atom stereocenters. The SMILES string of the molecule is CC[C@@H](C)[C@@H](NC(=O)Nc1cccc(Cl)c1)C(=O)Nc1nnc(-c2ccc(F)cc2)s1. The molecule has 3 N–H and O–H groups in total. The summed E-state index contributed by atoms with van der Waals surface area (Å²) in [6, 6.07) is 11.2. The number of nitrogens with zero attached hydrogens (tertiary/aromatic N) is 2. The number of hydrogen-bond donors (Lipinski definition) is 3. The van der Waals surface area contributed by atoms with Gasteiger partial charge in [-0.3, -0.25) is 10.1 Å². The van der Waals surface area contributed by atoms with Crippen molar-refractivity contribution in [1.82, 2.24) is 15.5 Å². The molecule has 1 aromatic heterocycles. The second-order valence-corrected chi connectivity index (χ2v) is 8.29. The molecular formula is C21H21ClFN5O2S. The van der Waals surface area contributed by atoms with Gasteiger partial charge in [0.25, 0.3) is 0 Å². The van der Waals surface area contributed by atoms with Crippen LogP contribution < -0.4 is 16.0 Å². The molecule has 0 fully saturated rings. The molecule has 0 aliphatic heterocycles. The zero-order valence-corrected chi connectivity index (χ0v) is 18.4. The molecule has 0 aliphatic carbocycles. The molecule has 0 saturated heterocycles. The minimum absolute atomic E-state index is 0.130. The summed E-state index contributed by atoms with van der Waals surface area (Å²) in [4.78, 5) is 25.3. The molecule has 3 aromatic rings. The van der Waals surface area contributed by atoms with Crippen LogP contribution in [0, 0.1) is 11.7 Å². The average molecular weight is 462 g/mol. The Morgan fingerprint density at radius 2 is 1.87 bits per heavy atom. The van der Waals surface area contributed by atoms with Crippen molar-refractivity contribution in [3.05, 3.63) is 59.4 Å². The largest absolute Gasteiger partial charge is 0.326 e. The number of aromatic nitrogens is 2. The summed E-state index contributed by atoms with van der Waals surface area (Å²) in [5.74, 6) is -0.882. The molecule has 2 aromatic carbocycles. The number of carbonyl (C=O) groups excluding carboxylic acids is 2. The van der Waals surface area contributed by atoms with Gasteiger partial charge in [0.1, 0.15) is 16.9 Å². The van der Waals surface area contributed by atoms with Gasteiger partial charge in [0.2, 0.25) is 11.0 Å². The maximum atomic E-state index is 13.1. The van der Waals surface area contributed by atoms with Gasteiger partial charge in [0, 0.05) is 16.3 Å². The number of anilines is 2. The highest BCUT2D eigenvalue weighted by molar-refractivity contribution is 7.18. The quantitative estimate of drug-likeness (QED) is 0.452. The van der Waals surface area contributed by atoms with Crippen molar-refractivity contribution < 1.29 is 14.0 Å². The first kappa shape index (κ1) is 22.6. The first-order valence-electron chi connectivity index (χ1n) is 9.59. The third-order valence-corrected chi connectivity index (χ3v) is 5.73. The Hall–Kier alpha value is -3.04. The number of amides is 3. The van der Waals surface area contributed by atoms with Gasteiger partial charge in [-0.1, -0.05) is 49.3 Å². The molecule has 0 aliphatic rings. The topological polar surface area (TPSA) is 96.0 Å². The smallest absolute Gasteiger partial charge is 0.319 e. The number of nitrogens with one attached hydrogen (secondary N) is 3. The Morgan fingerprint density at radius 3 is 2.55 bits per heavy atom. The van der Waals surface area contributed by atoms with Crippen molar-refractivity contribution in [3.63, 3.8) is 0 Å². The van der Waals surface area contributed by atoms with Gasteiger partial charge in [-0.15, -0.1) is 10.2 Å². The van der Waals surface area contributed by atoms with Crippen LogP contribution in [-0.4, -0.2) is 28.2 Å². The Bertz CT molecular complexity index is 1060. The molecule has 3 rings (SSSR count).